The van der Waals surface area contributed by atoms with Crippen LogP contribution in [0, 0.1) is 17.5 Å². The van der Waals surface area contributed by atoms with E-state index in [0.717, 1.165) is 0 Å². The van der Waals surface area contributed by atoms with E-state index in [4.69, 9.17) is 0 Å². The van der Waals surface area contributed by atoms with Gasteiger partial charge in [0.1, 0.15) is 0 Å². The van der Waals surface area contributed by atoms with Gasteiger partial charge in [-0.15, -0.1) is 0 Å². The fourth-order valence-corrected chi connectivity index (χ4v) is 1.76. The minimum absolute atomic E-state index is 0.165. The lowest BCUT2D eigenvalue weighted by Crippen LogP contribution is -2.33. The Morgan fingerprint density at radius 3 is 2.44 bits per heavy atom. The molecule has 1 fully saturated rings. The molecule has 1 heterocycles. The van der Waals surface area contributed by atoms with Crippen LogP contribution in [0.3, 0.4) is 0 Å². The Kier molecular flexibility index (Phi) is 3.42. The zero-order chi connectivity index (χ0) is 13.3. The van der Waals surface area contributed by atoms with Crippen molar-refractivity contribution in [1.29, 1.82) is 0 Å². The molecule has 18 heavy (non-hydrogen) atoms. The third kappa shape index (κ3) is 2.56. The van der Waals surface area contributed by atoms with E-state index in [-0.39, 0.29) is 12.2 Å². The number of carbonyl (C=O) groups excluding carboxylic acids is 1. The van der Waals surface area contributed by atoms with Gasteiger partial charge >= 0.3 is 6.03 Å². The molecule has 1 aromatic rings. The quantitative estimate of drug-likeness (QED) is 0.755. The number of hydrogen-bond acceptors (Lipinski definition) is 2. The van der Waals surface area contributed by atoms with E-state index < -0.39 is 29.6 Å². The predicted octanol–water partition coefficient (Wildman–Crippen LogP) is 1.70. The van der Waals surface area contributed by atoms with Crippen molar-refractivity contribution < 1.29 is 23.1 Å². The molecule has 1 saturated heterocycles. The van der Waals surface area contributed by atoms with Crippen LogP contribution in [0.1, 0.15) is 6.42 Å². The Labute approximate surface area is 101 Å². The number of rotatable bonds is 1. The molecule has 0 aliphatic carbocycles. The van der Waals surface area contributed by atoms with E-state index in [9.17, 15) is 23.1 Å². The summed E-state index contributed by atoms with van der Waals surface area (Å²) in [6, 6.07) is 0.808. The van der Waals surface area contributed by atoms with E-state index in [2.05, 4.69) is 5.32 Å². The first-order chi connectivity index (χ1) is 8.47. The van der Waals surface area contributed by atoms with Gasteiger partial charge in [-0.1, -0.05) is 0 Å². The molecule has 0 aromatic heterocycles. The van der Waals surface area contributed by atoms with Gasteiger partial charge in [-0.2, -0.15) is 0 Å². The first kappa shape index (κ1) is 12.7. The number of urea groups is 1. The molecule has 1 atom stereocenters. The highest BCUT2D eigenvalue weighted by molar-refractivity contribution is 5.89. The Morgan fingerprint density at radius 1 is 1.33 bits per heavy atom. The van der Waals surface area contributed by atoms with Gasteiger partial charge in [-0.05, 0) is 6.42 Å². The summed E-state index contributed by atoms with van der Waals surface area (Å²) in [4.78, 5) is 12.9. The lowest BCUT2D eigenvalue weighted by molar-refractivity contribution is 0.176. The van der Waals surface area contributed by atoms with Crippen LogP contribution in [-0.4, -0.2) is 35.2 Å². The van der Waals surface area contributed by atoms with Crippen molar-refractivity contribution in [1.82, 2.24) is 4.90 Å². The number of β-amino-alcohol motifs (C(OH)–C–C–N with tert-alkyl or cyclic N) is 1. The van der Waals surface area contributed by atoms with Crippen LogP contribution in [0.4, 0.5) is 23.7 Å². The Morgan fingerprint density at radius 2 is 1.94 bits per heavy atom. The normalized spacial score (nSPS) is 19.1. The lowest BCUT2D eigenvalue weighted by atomic mass is 10.3. The van der Waals surface area contributed by atoms with Crippen LogP contribution in [0.5, 0.6) is 0 Å². The molecule has 2 amide bonds. The van der Waals surface area contributed by atoms with E-state index in [0.29, 0.717) is 25.1 Å². The average molecular weight is 260 g/mol. The molecule has 1 aliphatic rings. The molecule has 2 N–H and O–H groups in total. The third-order valence-electron chi connectivity index (χ3n) is 2.69. The third-order valence-corrected chi connectivity index (χ3v) is 2.69. The van der Waals surface area contributed by atoms with E-state index >= 15 is 0 Å². The van der Waals surface area contributed by atoms with Crippen molar-refractivity contribution in [3.8, 4) is 0 Å². The van der Waals surface area contributed by atoms with Gasteiger partial charge in [0.15, 0.2) is 17.5 Å². The lowest BCUT2D eigenvalue weighted by Gasteiger charge is -2.16. The number of aliphatic hydroxyl groups is 1. The van der Waals surface area contributed by atoms with Crippen molar-refractivity contribution >= 4 is 11.7 Å². The van der Waals surface area contributed by atoms with Crippen LogP contribution >= 0.6 is 0 Å². The summed E-state index contributed by atoms with van der Waals surface area (Å²) in [6.07, 6.45) is -0.128. The van der Waals surface area contributed by atoms with Crippen molar-refractivity contribution in [3.05, 3.63) is 29.6 Å². The van der Waals surface area contributed by atoms with Crippen LogP contribution in [0.25, 0.3) is 0 Å². The number of anilines is 1. The fraction of sp³-hybridized carbons (Fsp3) is 0.364. The maximum Gasteiger partial charge on any atom is 0.321 e. The number of likely N-dealkylation sites (tertiary alicyclic amines) is 1. The molecule has 98 valence electrons. The second kappa shape index (κ2) is 4.85. The molecule has 2 rings (SSSR count). The number of halogens is 3. The molecule has 0 unspecified atom stereocenters. The smallest absolute Gasteiger partial charge is 0.321 e. The highest BCUT2D eigenvalue weighted by atomic mass is 19.2. The monoisotopic (exact) mass is 260 g/mol. The van der Waals surface area contributed by atoms with Crippen molar-refractivity contribution in [2.75, 3.05) is 18.4 Å². The molecule has 1 aromatic carbocycles. The zero-order valence-corrected chi connectivity index (χ0v) is 9.29. The predicted molar refractivity (Wildman–Crippen MR) is 57.5 cm³/mol. The molecule has 0 saturated carbocycles. The number of hydrogen-bond donors (Lipinski definition) is 2. The average Bonchev–Trinajstić information content (AvgIpc) is 2.72. The zero-order valence-electron chi connectivity index (χ0n) is 9.29. The van der Waals surface area contributed by atoms with Crippen molar-refractivity contribution in [2.24, 2.45) is 0 Å². The summed E-state index contributed by atoms with van der Waals surface area (Å²) >= 11 is 0. The maximum atomic E-state index is 12.9. The van der Waals surface area contributed by atoms with Gasteiger partial charge in [0, 0.05) is 30.9 Å². The van der Waals surface area contributed by atoms with Crippen LogP contribution < -0.4 is 5.32 Å². The number of aliphatic hydroxyl groups excluding tert-OH is 1. The summed E-state index contributed by atoms with van der Waals surface area (Å²) in [5, 5.41) is 11.5. The second-order valence-corrected chi connectivity index (χ2v) is 4.07. The number of nitrogens with zero attached hydrogens (tertiary/aromatic N) is 1. The SMILES string of the molecule is O=C(Nc1cc(F)c(F)c(F)c1)N1CC[C@@H](O)C1. The first-order valence-electron chi connectivity index (χ1n) is 5.36. The van der Waals surface area contributed by atoms with Crippen LogP contribution in [-0.2, 0) is 0 Å². The molecule has 1 aliphatic heterocycles. The summed E-state index contributed by atoms with van der Waals surface area (Å²) in [6.45, 7) is 0.525. The molecular formula is C11H11F3N2O2. The Balaban J connectivity index is 2.07. The minimum Gasteiger partial charge on any atom is -0.391 e. The van der Waals surface area contributed by atoms with E-state index in [1.807, 2.05) is 0 Å². The summed E-state index contributed by atoms with van der Waals surface area (Å²) in [7, 11) is 0. The number of amides is 2. The summed E-state index contributed by atoms with van der Waals surface area (Å²) < 4.78 is 38.5. The van der Waals surface area contributed by atoms with Crippen LogP contribution in [0.15, 0.2) is 12.1 Å². The summed E-state index contributed by atoms with van der Waals surface area (Å²) in [5.41, 5.74) is -0.169. The molecule has 0 bridgehead atoms. The van der Waals surface area contributed by atoms with E-state index in [1.54, 1.807) is 0 Å². The van der Waals surface area contributed by atoms with E-state index in [1.165, 1.54) is 4.90 Å². The minimum atomic E-state index is -1.58. The van der Waals surface area contributed by atoms with Crippen molar-refractivity contribution in [3.63, 3.8) is 0 Å². The maximum absolute atomic E-state index is 12.9. The Bertz CT molecular complexity index is 458. The van der Waals surface area contributed by atoms with Crippen LogP contribution in [0.2, 0.25) is 0 Å². The standard InChI is InChI=1S/C11H11F3N2O2/c12-8-3-6(4-9(13)10(8)14)15-11(18)16-2-1-7(17)5-16/h3-4,7,17H,1-2,5H2,(H,15,18)/t7-/m1/s1. The highest BCUT2D eigenvalue weighted by Gasteiger charge is 2.24. The van der Waals surface area contributed by atoms with Gasteiger partial charge in [0.05, 0.1) is 6.10 Å². The molecule has 4 nitrogen and oxygen atoms in total. The second-order valence-electron chi connectivity index (χ2n) is 4.07. The fourth-order valence-electron chi connectivity index (χ4n) is 1.76. The number of benzene rings is 1. The van der Waals surface area contributed by atoms with Crippen molar-refractivity contribution in [2.45, 2.75) is 12.5 Å². The highest BCUT2D eigenvalue weighted by Crippen LogP contribution is 2.18. The van der Waals surface area contributed by atoms with Gasteiger partial charge < -0.3 is 15.3 Å². The largest absolute Gasteiger partial charge is 0.391 e. The van der Waals surface area contributed by atoms with Gasteiger partial charge in [0.25, 0.3) is 0 Å². The van der Waals surface area contributed by atoms with Gasteiger partial charge in [-0.25, -0.2) is 18.0 Å². The molecule has 0 radical (unpaired) electrons. The topological polar surface area (TPSA) is 52.6 Å². The first-order valence-corrected chi connectivity index (χ1v) is 5.36. The van der Waals surface area contributed by atoms with Gasteiger partial charge in [-0.3, -0.25) is 0 Å². The number of nitrogens with one attached hydrogen (secondary N) is 1. The Hall–Kier alpha value is -1.76. The molecular weight excluding hydrogens is 249 g/mol. The number of carbonyl (C=O) groups is 1. The summed E-state index contributed by atoms with van der Waals surface area (Å²) in [5.74, 6) is -4.32. The molecule has 0 spiro atoms. The van der Waals surface area contributed by atoms with Gasteiger partial charge in [0.2, 0.25) is 0 Å². The molecule has 7 heteroatoms.